The van der Waals surface area contributed by atoms with Crippen molar-refractivity contribution < 1.29 is 9.90 Å². The van der Waals surface area contributed by atoms with Crippen molar-refractivity contribution in [2.75, 3.05) is 32.7 Å². The molecule has 1 atom stereocenters. The van der Waals surface area contributed by atoms with Gasteiger partial charge in [-0.05, 0) is 49.9 Å². The maximum atomic E-state index is 11.0. The number of amides is 1. The second kappa shape index (κ2) is 8.19. The molecule has 2 heterocycles. The molecule has 2 aliphatic rings. The molecule has 0 radical (unpaired) electrons. The Morgan fingerprint density at radius 3 is 2.40 bits per heavy atom. The first-order valence-electron chi connectivity index (χ1n) is 9.56. The Bertz CT molecular complexity index is 597. The van der Waals surface area contributed by atoms with Crippen molar-refractivity contribution in [3.8, 4) is 0 Å². The first-order chi connectivity index (χ1) is 12.0. The van der Waals surface area contributed by atoms with Gasteiger partial charge in [-0.1, -0.05) is 24.6 Å². The molecule has 0 aliphatic carbocycles. The van der Waals surface area contributed by atoms with Gasteiger partial charge in [-0.15, -0.1) is 0 Å². The van der Waals surface area contributed by atoms with Crippen LogP contribution in [0.15, 0.2) is 18.2 Å². The van der Waals surface area contributed by atoms with E-state index in [1.807, 2.05) is 0 Å². The van der Waals surface area contributed by atoms with Crippen LogP contribution in [0, 0.1) is 6.92 Å². The summed E-state index contributed by atoms with van der Waals surface area (Å²) in [4.78, 5) is 17.5. The maximum Gasteiger partial charge on any atom is 0.407 e. The third kappa shape index (κ3) is 4.53. The summed E-state index contributed by atoms with van der Waals surface area (Å²) < 4.78 is 0. The van der Waals surface area contributed by atoms with Crippen LogP contribution in [0.5, 0.6) is 0 Å². The first-order valence-corrected chi connectivity index (χ1v) is 9.56. The van der Waals surface area contributed by atoms with E-state index < -0.39 is 6.09 Å². The standard InChI is InChI=1S/C20H31N3O2/c1-16-6-3-4-9-23(16)15-19-8-5-7-18(17(19)2)14-21-10-12-22(13-11-21)20(24)25/h5,7-8,16H,3-4,6,9-15H2,1-2H3,(H,24,25)/t16-/m0/s1. The lowest BCUT2D eigenvalue weighted by atomic mass is 9.98. The number of hydrogen-bond donors (Lipinski definition) is 1. The molecule has 1 aromatic carbocycles. The predicted octanol–water partition coefficient (Wildman–Crippen LogP) is 3.17. The van der Waals surface area contributed by atoms with Crippen molar-refractivity contribution >= 4 is 6.09 Å². The minimum atomic E-state index is -0.798. The van der Waals surface area contributed by atoms with E-state index in [9.17, 15) is 4.79 Å². The molecule has 2 aliphatic heterocycles. The molecular formula is C20H31N3O2. The summed E-state index contributed by atoms with van der Waals surface area (Å²) in [6, 6.07) is 7.35. The largest absolute Gasteiger partial charge is 0.465 e. The minimum absolute atomic E-state index is 0.610. The highest BCUT2D eigenvalue weighted by molar-refractivity contribution is 5.65. The Hall–Kier alpha value is -1.59. The molecule has 138 valence electrons. The quantitative estimate of drug-likeness (QED) is 0.910. The zero-order chi connectivity index (χ0) is 17.8. The zero-order valence-electron chi connectivity index (χ0n) is 15.6. The number of piperazine rings is 1. The summed E-state index contributed by atoms with van der Waals surface area (Å²) in [5, 5.41) is 9.07. The number of likely N-dealkylation sites (tertiary alicyclic amines) is 1. The Balaban J connectivity index is 1.62. The predicted molar refractivity (Wildman–Crippen MR) is 99.8 cm³/mol. The molecule has 1 amide bonds. The van der Waals surface area contributed by atoms with Crippen molar-refractivity contribution in [3.05, 3.63) is 34.9 Å². The lowest BCUT2D eigenvalue weighted by Crippen LogP contribution is -2.47. The average molecular weight is 345 g/mol. The van der Waals surface area contributed by atoms with Crippen molar-refractivity contribution in [1.82, 2.24) is 14.7 Å². The number of hydrogen-bond acceptors (Lipinski definition) is 3. The van der Waals surface area contributed by atoms with Gasteiger partial charge >= 0.3 is 6.09 Å². The fraction of sp³-hybridized carbons (Fsp3) is 0.650. The molecule has 2 fully saturated rings. The van der Waals surface area contributed by atoms with Gasteiger partial charge in [0, 0.05) is 45.3 Å². The van der Waals surface area contributed by atoms with Gasteiger partial charge in [0.15, 0.2) is 0 Å². The molecule has 2 saturated heterocycles. The minimum Gasteiger partial charge on any atom is -0.465 e. The van der Waals surface area contributed by atoms with Crippen molar-refractivity contribution in [2.24, 2.45) is 0 Å². The SMILES string of the molecule is Cc1c(CN2CCN(C(=O)O)CC2)cccc1CN1CCCC[C@@H]1C. The summed E-state index contributed by atoms with van der Waals surface area (Å²) in [7, 11) is 0. The summed E-state index contributed by atoms with van der Waals surface area (Å²) in [6.07, 6.45) is 3.19. The van der Waals surface area contributed by atoms with Gasteiger partial charge in [0.05, 0.1) is 0 Å². The van der Waals surface area contributed by atoms with Crippen LogP contribution in [-0.2, 0) is 13.1 Å². The number of rotatable bonds is 4. The highest BCUT2D eigenvalue weighted by Crippen LogP contribution is 2.23. The molecular weight excluding hydrogens is 314 g/mol. The molecule has 0 unspecified atom stereocenters. The summed E-state index contributed by atoms with van der Waals surface area (Å²) in [5.41, 5.74) is 4.22. The molecule has 0 spiro atoms. The Labute approximate surface area is 151 Å². The third-order valence-electron chi connectivity index (χ3n) is 5.91. The smallest absolute Gasteiger partial charge is 0.407 e. The maximum absolute atomic E-state index is 11.0. The van der Waals surface area contributed by atoms with Crippen LogP contribution in [-0.4, -0.2) is 64.7 Å². The van der Waals surface area contributed by atoms with Crippen LogP contribution in [0.4, 0.5) is 4.79 Å². The second-order valence-electron chi connectivity index (χ2n) is 7.56. The van der Waals surface area contributed by atoms with Gasteiger partial charge in [0.1, 0.15) is 0 Å². The Morgan fingerprint density at radius 1 is 1.08 bits per heavy atom. The number of nitrogens with zero attached hydrogens (tertiary/aromatic N) is 3. The lowest BCUT2D eigenvalue weighted by molar-refractivity contribution is 0.103. The van der Waals surface area contributed by atoms with E-state index in [-0.39, 0.29) is 0 Å². The van der Waals surface area contributed by atoms with Gasteiger partial charge in [0.25, 0.3) is 0 Å². The van der Waals surface area contributed by atoms with Crippen molar-refractivity contribution in [1.29, 1.82) is 0 Å². The Morgan fingerprint density at radius 2 is 1.76 bits per heavy atom. The average Bonchev–Trinajstić information content (AvgIpc) is 2.61. The molecule has 1 N–H and O–H groups in total. The molecule has 1 aromatic rings. The normalized spacial score (nSPS) is 23.0. The van der Waals surface area contributed by atoms with E-state index in [0.29, 0.717) is 19.1 Å². The van der Waals surface area contributed by atoms with Gasteiger partial charge in [-0.25, -0.2) is 4.79 Å². The van der Waals surface area contributed by atoms with E-state index in [1.165, 1.54) is 47.4 Å². The van der Waals surface area contributed by atoms with Gasteiger partial charge < -0.3 is 10.0 Å². The van der Waals surface area contributed by atoms with Gasteiger partial charge in [0.2, 0.25) is 0 Å². The molecule has 0 aromatic heterocycles. The van der Waals surface area contributed by atoms with Crippen LogP contribution >= 0.6 is 0 Å². The van der Waals surface area contributed by atoms with Crippen LogP contribution in [0.1, 0.15) is 42.9 Å². The van der Waals surface area contributed by atoms with Crippen molar-refractivity contribution in [3.63, 3.8) is 0 Å². The number of piperidine rings is 1. The van der Waals surface area contributed by atoms with Gasteiger partial charge in [-0.2, -0.15) is 0 Å². The summed E-state index contributed by atoms with van der Waals surface area (Å²) in [5.74, 6) is 0. The van der Waals surface area contributed by atoms with E-state index >= 15 is 0 Å². The van der Waals surface area contributed by atoms with Gasteiger partial charge in [-0.3, -0.25) is 9.80 Å². The highest BCUT2D eigenvalue weighted by Gasteiger charge is 2.22. The molecule has 5 heteroatoms. The zero-order valence-corrected chi connectivity index (χ0v) is 15.6. The fourth-order valence-corrected chi connectivity index (χ4v) is 4.03. The molecule has 5 nitrogen and oxygen atoms in total. The molecule has 0 bridgehead atoms. The topological polar surface area (TPSA) is 47.0 Å². The molecule has 3 rings (SSSR count). The van der Waals surface area contributed by atoms with Crippen molar-refractivity contribution in [2.45, 2.75) is 52.2 Å². The van der Waals surface area contributed by atoms with Crippen LogP contribution in [0.2, 0.25) is 0 Å². The van der Waals surface area contributed by atoms with Crippen LogP contribution in [0.25, 0.3) is 0 Å². The van der Waals surface area contributed by atoms with E-state index in [1.54, 1.807) is 0 Å². The molecule has 0 saturated carbocycles. The van der Waals surface area contributed by atoms with Crippen LogP contribution in [0.3, 0.4) is 0 Å². The van der Waals surface area contributed by atoms with E-state index in [2.05, 4.69) is 41.8 Å². The number of benzene rings is 1. The monoisotopic (exact) mass is 345 g/mol. The number of carboxylic acid groups (broad SMARTS) is 1. The summed E-state index contributed by atoms with van der Waals surface area (Å²) in [6.45, 7) is 10.6. The van der Waals surface area contributed by atoms with E-state index in [0.717, 1.165) is 26.2 Å². The second-order valence-corrected chi connectivity index (χ2v) is 7.56. The number of carbonyl (C=O) groups is 1. The van der Waals surface area contributed by atoms with Crippen LogP contribution < -0.4 is 0 Å². The highest BCUT2D eigenvalue weighted by atomic mass is 16.4. The van der Waals surface area contributed by atoms with E-state index in [4.69, 9.17) is 5.11 Å². The molecule has 25 heavy (non-hydrogen) atoms. The Kier molecular flexibility index (Phi) is 5.97. The first kappa shape index (κ1) is 18.2. The lowest BCUT2D eigenvalue weighted by Gasteiger charge is -2.35. The summed E-state index contributed by atoms with van der Waals surface area (Å²) >= 11 is 0. The fourth-order valence-electron chi connectivity index (χ4n) is 4.03. The third-order valence-corrected chi connectivity index (χ3v) is 5.91.